The number of anilines is 1. The first-order valence-electron chi connectivity index (χ1n) is 9.87. The first-order valence-corrected chi connectivity index (χ1v) is 9.87. The number of ether oxygens (including phenoxy) is 1. The van der Waals surface area contributed by atoms with E-state index < -0.39 is 0 Å². The number of urea groups is 1. The highest BCUT2D eigenvalue weighted by Crippen LogP contribution is 2.19. The molecule has 7 heteroatoms. The average molecular weight is 391 g/mol. The first kappa shape index (κ1) is 19.0. The van der Waals surface area contributed by atoms with Crippen LogP contribution in [-0.2, 0) is 25.9 Å². The Morgan fingerprint density at radius 2 is 2.10 bits per heavy atom. The van der Waals surface area contributed by atoms with Gasteiger partial charge >= 0.3 is 6.03 Å². The minimum absolute atomic E-state index is 0.159. The van der Waals surface area contributed by atoms with Gasteiger partial charge in [0, 0.05) is 49.7 Å². The lowest BCUT2D eigenvalue weighted by Crippen LogP contribution is -2.36. The third-order valence-corrected chi connectivity index (χ3v) is 5.08. The van der Waals surface area contributed by atoms with E-state index in [-0.39, 0.29) is 6.03 Å². The van der Waals surface area contributed by atoms with Crippen LogP contribution in [0.2, 0.25) is 0 Å². The maximum absolute atomic E-state index is 13.0. The van der Waals surface area contributed by atoms with Crippen molar-refractivity contribution in [3.8, 4) is 5.75 Å². The van der Waals surface area contributed by atoms with E-state index in [1.807, 2.05) is 53.2 Å². The number of carbonyl (C=O) groups excluding carboxylic acids is 1. The number of aryl methyl sites for hydroxylation is 2. The second kappa shape index (κ2) is 8.77. The average Bonchev–Trinajstić information content (AvgIpc) is 3.34. The van der Waals surface area contributed by atoms with Crippen LogP contribution >= 0.6 is 0 Å². The van der Waals surface area contributed by atoms with Crippen molar-refractivity contribution in [3.63, 3.8) is 0 Å². The van der Waals surface area contributed by atoms with Crippen LogP contribution in [0.4, 0.5) is 10.6 Å². The molecule has 1 aliphatic heterocycles. The predicted molar refractivity (Wildman–Crippen MR) is 111 cm³/mol. The van der Waals surface area contributed by atoms with Crippen LogP contribution < -0.4 is 10.1 Å². The van der Waals surface area contributed by atoms with Crippen molar-refractivity contribution in [1.82, 2.24) is 19.7 Å². The summed E-state index contributed by atoms with van der Waals surface area (Å²) in [5.74, 6) is 1.41. The van der Waals surface area contributed by atoms with Gasteiger partial charge in [-0.1, -0.05) is 18.2 Å². The van der Waals surface area contributed by atoms with Crippen molar-refractivity contribution in [2.24, 2.45) is 0 Å². The molecule has 0 bridgehead atoms. The van der Waals surface area contributed by atoms with E-state index in [0.717, 1.165) is 36.4 Å². The van der Waals surface area contributed by atoms with E-state index in [2.05, 4.69) is 15.4 Å². The zero-order chi connectivity index (χ0) is 20.1. The fourth-order valence-corrected chi connectivity index (χ4v) is 3.51. The normalized spacial score (nSPS) is 12.4. The monoisotopic (exact) mass is 391 g/mol. The third kappa shape index (κ3) is 4.74. The van der Waals surface area contributed by atoms with E-state index in [1.54, 1.807) is 18.2 Å². The van der Waals surface area contributed by atoms with Crippen LogP contribution in [0.1, 0.15) is 23.4 Å². The number of fused-ring (bicyclic) bond motifs is 1. The number of benzene rings is 1. The molecule has 1 aliphatic rings. The maximum atomic E-state index is 13.0. The van der Waals surface area contributed by atoms with Gasteiger partial charge in [-0.05, 0) is 42.7 Å². The molecule has 0 saturated carbocycles. The Morgan fingerprint density at radius 3 is 2.83 bits per heavy atom. The molecule has 0 atom stereocenters. The summed E-state index contributed by atoms with van der Waals surface area (Å²) < 4.78 is 7.19. The topological polar surface area (TPSA) is 72.3 Å². The smallest absolute Gasteiger partial charge is 0.323 e. The highest BCUT2D eigenvalue weighted by molar-refractivity contribution is 5.88. The van der Waals surface area contributed by atoms with E-state index in [0.29, 0.717) is 25.3 Å². The zero-order valence-corrected chi connectivity index (χ0v) is 16.5. The standard InChI is InChI=1S/C22H25N5O2/c1-29-20-9-7-17(8-10-20)16-26(14-11-18-5-2-3-12-23-18)22(28)24-21-15-19-6-4-13-27(19)25-21/h2-3,5,7-10,12,15H,4,6,11,13-14,16H2,1H3,(H,24,25,28). The Bertz CT molecular complexity index is 932. The number of carbonyl (C=O) groups is 1. The molecule has 7 nitrogen and oxygen atoms in total. The van der Waals surface area contributed by atoms with Gasteiger partial charge in [-0.3, -0.25) is 15.0 Å². The number of nitrogens with one attached hydrogen (secondary N) is 1. The molecule has 0 radical (unpaired) electrons. The predicted octanol–water partition coefficient (Wildman–Crippen LogP) is 3.51. The van der Waals surface area contributed by atoms with Crippen molar-refractivity contribution < 1.29 is 9.53 Å². The largest absolute Gasteiger partial charge is 0.497 e. The molecule has 1 N–H and O–H groups in total. The lowest BCUT2D eigenvalue weighted by molar-refractivity contribution is 0.209. The van der Waals surface area contributed by atoms with Gasteiger partial charge < -0.3 is 9.64 Å². The van der Waals surface area contributed by atoms with Gasteiger partial charge in [-0.2, -0.15) is 5.10 Å². The van der Waals surface area contributed by atoms with Gasteiger partial charge in [0.2, 0.25) is 0 Å². The summed E-state index contributed by atoms with van der Waals surface area (Å²) in [7, 11) is 1.64. The molecule has 0 fully saturated rings. The summed E-state index contributed by atoms with van der Waals surface area (Å²) in [6.45, 7) is 1.97. The van der Waals surface area contributed by atoms with Gasteiger partial charge in [0.1, 0.15) is 5.75 Å². The van der Waals surface area contributed by atoms with Crippen molar-refractivity contribution in [3.05, 3.63) is 71.7 Å². The van der Waals surface area contributed by atoms with Gasteiger partial charge in [0.05, 0.1) is 7.11 Å². The Balaban J connectivity index is 1.46. The molecular formula is C22H25N5O2. The molecule has 0 unspecified atom stereocenters. The van der Waals surface area contributed by atoms with Gasteiger partial charge in [0.25, 0.3) is 0 Å². The zero-order valence-electron chi connectivity index (χ0n) is 16.5. The number of hydrogen-bond acceptors (Lipinski definition) is 4. The van der Waals surface area contributed by atoms with Crippen LogP contribution in [-0.4, -0.2) is 39.4 Å². The van der Waals surface area contributed by atoms with Crippen molar-refractivity contribution >= 4 is 11.8 Å². The number of aromatic nitrogens is 3. The minimum Gasteiger partial charge on any atom is -0.497 e. The van der Waals surface area contributed by atoms with Crippen LogP contribution in [0, 0.1) is 0 Å². The van der Waals surface area contributed by atoms with Gasteiger partial charge in [0.15, 0.2) is 5.82 Å². The SMILES string of the molecule is COc1ccc(CN(CCc2ccccn2)C(=O)Nc2cc3n(n2)CCC3)cc1. The van der Waals surface area contributed by atoms with Crippen LogP contribution in [0.25, 0.3) is 0 Å². The second-order valence-corrected chi connectivity index (χ2v) is 7.12. The highest BCUT2D eigenvalue weighted by Gasteiger charge is 2.19. The quantitative estimate of drug-likeness (QED) is 0.669. The van der Waals surface area contributed by atoms with E-state index in [4.69, 9.17) is 4.74 Å². The number of pyridine rings is 1. The molecule has 3 heterocycles. The van der Waals surface area contributed by atoms with Crippen LogP contribution in [0.3, 0.4) is 0 Å². The summed E-state index contributed by atoms with van der Waals surface area (Å²) in [6.07, 6.45) is 4.59. The Morgan fingerprint density at radius 1 is 1.24 bits per heavy atom. The van der Waals surface area contributed by atoms with Crippen molar-refractivity contribution in [1.29, 1.82) is 0 Å². The first-order chi connectivity index (χ1) is 14.2. The van der Waals surface area contributed by atoms with Crippen molar-refractivity contribution in [2.75, 3.05) is 19.0 Å². The lowest BCUT2D eigenvalue weighted by atomic mass is 10.2. The number of rotatable bonds is 7. The summed E-state index contributed by atoms with van der Waals surface area (Å²) in [5.41, 5.74) is 3.17. The molecule has 29 heavy (non-hydrogen) atoms. The van der Waals surface area contributed by atoms with Crippen LogP contribution in [0.5, 0.6) is 5.75 Å². The molecule has 1 aromatic carbocycles. The molecular weight excluding hydrogens is 366 g/mol. The molecule has 4 rings (SSSR count). The fourth-order valence-electron chi connectivity index (χ4n) is 3.51. The van der Waals surface area contributed by atoms with Crippen molar-refractivity contribution in [2.45, 2.75) is 32.4 Å². The molecule has 150 valence electrons. The maximum Gasteiger partial charge on any atom is 0.323 e. The van der Waals surface area contributed by atoms with E-state index >= 15 is 0 Å². The third-order valence-electron chi connectivity index (χ3n) is 5.08. The lowest BCUT2D eigenvalue weighted by Gasteiger charge is -2.23. The minimum atomic E-state index is -0.159. The Labute approximate surface area is 170 Å². The molecule has 2 aromatic heterocycles. The molecule has 0 aliphatic carbocycles. The molecule has 3 aromatic rings. The van der Waals surface area contributed by atoms with Gasteiger partial charge in [-0.15, -0.1) is 0 Å². The van der Waals surface area contributed by atoms with E-state index in [1.165, 1.54) is 5.69 Å². The fraction of sp³-hybridized carbons (Fsp3) is 0.318. The number of amides is 2. The summed E-state index contributed by atoms with van der Waals surface area (Å²) in [6, 6.07) is 15.4. The Kier molecular flexibility index (Phi) is 5.74. The summed E-state index contributed by atoms with van der Waals surface area (Å²) in [4.78, 5) is 19.2. The second-order valence-electron chi connectivity index (χ2n) is 7.12. The Hall–Kier alpha value is -3.35. The molecule has 2 amide bonds. The van der Waals surface area contributed by atoms with E-state index in [9.17, 15) is 4.79 Å². The van der Waals surface area contributed by atoms with Gasteiger partial charge in [-0.25, -0.2) is 4.79 Å². The number of hydrogen-bond donors (Lipinski definition) is 1. The van der Waals surface area contributed by atoms with Crippen LogP contribution in [0.15, 0.2) is 54.7 Å². The number of methoxy groups -OCH3 is 1. The summed E-state index contributed by atoms with van der Waals surface area (Å²) in [5, 5.41) is 7.45. The number of nitrogens with zero attached hydrogens (tertiary/aromatic N) is 4. The molecule has 0 spiro atoms. The summed E-state index contributed by atoms with van der Waals surface area (Å²) >= 11 is 0. The molecule has 0 saturated heterocycles. The highest BCUT2D eigenvalue weighted by atomic mass is 16.5.